The Kier molecular flexibility index (Phi) is 7.23. The van der Waals surface area contributed by atoms with Gasteiger partial charge in [-0.3, -0.25) is 19.7 Å². The minimum absolute atomic E-state index is 0.0472. The van der Waals surface area contributed by atoms with Crippen molar-refractivity contribution in [2.45, 2.75) is 17.9 Å². The number of aromatic nitrogens is 1. The van der Waals surface area contributed by atoms with E-state index in [2.05, 4.69) is 9.73 Å². The van der Waals surface area contributed by atoms with Gasteiger partial charge >= 0.3 is 5.97 Å². The number of nitrogens with zero attached hydrogens (tertiary/aromatic N) is 3. The summed E-state index contributed by atoms with van der Waals surface area (Å²) in [6.07, 6.45) is -0.388. The van der Waals surface area contributed by atoms with Gasteiger partial charge in [-0.2, -0.15) is 4.99 Å². The number of rotatable bonds is 8. The number of non-ortho nitro benzene ring substituents is 1. The van der Waals surface area contributed by atoms with Crippen LogP contribution in [0.2, 0.25) is 0 Å². The third-order valence-electron chi connectivity index (χ3n) is 4.62. The molecule has 0 unspecified atom stereocenters. The molecule has 0 aliphatic heterocycles. The second-order valence-electron chi connectivity index (χ2n) is 6.71. The lowest BCUT2D eigenvalue weighted by molar-refractivity contribution is -0.384. The molecular weight excluding hydrogens is 474 g/mol. The van der Waals surface area contributed by atoms with Crippen molar-refractivity contribution in [3.05, 3.63) is 57.4 Å². The van der Waals surface area contributed by atoms with Gasteiger partial charge in [-0.15, -0.1) is 0 Å². The van der Waals surface area contributed by atoms with Gasteiger partial charge in [-0.25, -0.2) is 8.42 Å². The summed E-state index contributed by atoms with van der Waals surface area (Å²) < 4.78 is 36.5. The van der Waals surface area contributed by atoms with E-state index in [0.717, 1.165) is 11.3 Å². The number of sulfone groups is 1. The topological polar surface area (TPSA) is 147 Å². The molecule has 0 aliphatic carbocycles. The quantitative estimate of drug-likeness (QED) is 0.263. The van der Waals surface area contributed by atoms with E-state index in [9.17, 15) is 28.1 Å². The van der Waals surface area contributed by atoms with Crippen molar-refractivity contribution in [1.82, 2.24) is 4.57 Å². The highest BCUT2D eigenvalue weighted by atomic mass is 32.2. The summed E-state index contributed by atoms with van der Waals surface area (Å²) in [4.78, 5) is 38.9. The van der Waals surface area contributed by atoms with Gasteiger partial charge in [0.05, 0.1) is 40.0 Å². The van der Waals surface area contributed by atoms with Crippen molar-refractivity contribution >= 4 is 49.0 Å². The van der Waals surface area contributed by atoms with E-state index in [1.807, 2.05) is 0 Å². The number of carbonyl (C=O) groups is 2. The number of carbonyl (C=O) groups excluding carboxylic acids is 2. The first-order valence-electron chi connectivity index (χ1n) is 9.43. The Balaban J connectivity index is 1.90. The smallest absolute Gasteiger partial charge is 0.325 e. The maximum absolute atomic E-state index is 12.5. The second kappa shape index (κ2) is 9.92. The standard InChI is InChI=1S/C20H19N3O8S2/c1-30-14-4-6-15(7-5-14)33(28,29)10-9-18(24)21-20-22(12-19(25)31-2)16-8-3-13(23(26)27)11-17(16)32-20/h3-8,11H,9-10,12H2,1-2H3. The molecule has 0 saturated heterocycles. The zero-order valence-electron chi connectivity index (χ0n) is 17.6. The average molecular weight is 494 g/mol. The molecule has 11 nitrogen and oxygen atoms in total. The zero-order valence-corrected chi connectivity index (χ0v) is 19.2. The van der Waals surface area contributed by atoms with Crippen LogP contribution < -0.4 is 9.54 Å². The van der Waals surface area contributed by atoms with Gasteiger partial charge in [0.1, 0.15) is 12.3 Å². The van der Waals surface area contributed by atoms with Crippen LogP contribution in [0.25, 0.3) is 10.2 Å². The molecule has 1 heterocycles. The van der Waals surface area contributed by atoms with Gasteiger partial charge < -0.3 is 14.0 Å². The maximum Gasteiger partial charge on any atom is 0.325 e. The molecule has 1 aromatic heterocycles. The van der Waals surface area contributed by atoms with Crippen LogP contribution in [0.3, 0.4) is 0 Å². The van der Waals surface area contributed by atoms with Crippen molar-refractivity contribution in [2.24, 2.45) is 4.99 Å². The molecule has 33 heavy (non-hydrogen) atoms. The lowest BCUT2D eigenvalue weighted by Gasteiger charge is -2.05. The molecule has 0 fully saturated rings. The number of amides is 1. The van der Waals surface area contributed by atoms with Crippen molar-refractivity contribution in [1.29, 1.82) is 0 Å². The Morgan fingerprint density at radius 1 is 1.15 bits per heavy atom. The molecule has 3 rings (SSSR count). The number of fused-ring (bicyclic) bond motifs is 1. The summed E-state index contributed by atoms with van der Waals surface area (Å²) in [6, 6.07) is 9.82. The first kappa shape index (κ1) is 24.1. The summed E-state index contributed by atoms with van der Waals surface area (Å²) in [7, 11) is -1.07. The van der Waals surface area contributed by atoms with Gasteiger partial charge in [0.15, 0.2) is 14.6 Å². The second-order valence-corrected chi connectivity index (χ2v) is 9.82. The van der Waals surface area contributed by atoms with Gasteiger partial charge in [0, 0.05) is 18.6 Å². The molecule has 0 radical (unpaired) electrons. The summed E-state index contributed by atoms with van der Waals surface area (Å²) in [5.41, 5.74) is 0.297. The lowest BCUT2D eigenvalue weighted by Crippen LogP contribution is -2.22. The molecule has 1 amide bonds. The van der Waals surface area contributed by atoms with Crippen LogP contribution in [-0.2, 0) is 30.7 Å². The Morgan fingerprint density at radius 2 is 1.85 bits per heavy atom. The molecule has 3 aromatic rings. The number of hydrogen-bond donors (Lipinski definition) is 0. The van der Waals surface area contributed by atoms with Crippen molar-refractivity contribution in [3.8, 4) is 5.75 Å². The number of ether oxygens (including phenoxy) is 2. The fraction of sp³-hybridized carbons (Fsp3) is 0.250. The highest BCUT2D eigenvalue weighted by Gasteiger charge is 2.18. The number of esters is 1. The highest BCUT2D eigenvalue weighted by molar-refractivity contribution is 7.91. The fourth-order valence-electron chi connectivity index (χ4n) is 2.89. The van der Waals surface area contributed by atoms with Gasteiger partial charge in [0.25, 0.3) is 5.69 Å². The summed E-state index contributed by atoms with van der Waals surface area (Å²) in [5.74, 6) is -1.29. The van der Waals surface area contributed by atoms with Crippen LogP contribution in [0, 0.1) is 10.1 Å². The third-order valence-corrected chi connectivity index (χ3v) is 7.39. The van der Waals surface area contributed by atoms with E-state index in [4.69, 9.17) is 4.74 Å². The van der Waals surface area contributed by atoms with E-state index in [1.54, 1.807) is 0 Å². The Bertz CT molecular complexity index is 1390. The van der Waals surface area contributed by atoms with Crippen molar-refractivity contribution in [3.63, 3.8) is 0 Å². The minimum atomic E-state index is -3.73. The number of nitro benzene ring substituents is 1. The molecule has 0 spiro atoms. The highest BCUT2D eigenvalue weighted by Crippen LogP contribution is 2.23. The SMILES string of the molecule is COC(=O)Cn1c(=NC(=O)CCS(=O)(=O)c2ccc(OC)cc2)sc2cc([N+](=O)[O-])ccc21. The van der Waals surface area contributed by atoms with Crippen LogP contribution in [0.5, 0.6) is 5.75 Å². The number of thiazole rings is 1. The summed E-state index contributed by atoms with van der Waals surface area (Å²) in [6.45, 7) is -0.273. The van der Waals surface area contributed by atoms with Gasteiger partial charge in [0.2, 0.25) is 5.91 Å². The zero-order chi connectivity index (χ0) is 24.2. The minimum Gasteiger partial charge on any atom is -0.497 e. The Morgan fingerprint density at radius 3 is 2.45 bits per heavy atom. The van der Waals surface area contributed by atoms with Crippen molar-refractivity contribution < 1.29 is 32.4 Å². The first-order chi connectivity index (χ1) is 15.6. The summed E-state index contributed by atoms with van der Waals surface area (Å²) in [5, 5.41) is 11.1. The normalized spacial score (nSPS) is 12.0. The number of nitro groups is 1. The van der Waals surface area contributed by atoms with E-state index >= 15 is 0 Å². The predicted molar refractivity (Wildman–Crippen MR) is 119 cm³/mol. The van der Waals surface area contributed by atoms with E-state index in [0.29, 0.717) is 16.0 Å². The third kappa shape index (κ3) is 5.62. The predicted octanol–water partition coefficient (Wildman–Crippen LogP) is 2.08. The number of benzene rings is 2. The average Bonchev–Trinajstić information content (AvgIpc) is 3.13. The summed E-state index contributed by atoms with van der Waals surface area (Å²) >= 11 is 0.970. The lowest BCUT2D eigenvalue weighted by atomic mass is 10.3. The van der Waals surface area contributed by atoms with Crippen LogP contribution in [0.4, 0.5) is 5.69 Å². The van der Waals surface area contributed by atoms with Crippen LogP contribution in [0.1, 0.15) is 6.42 Å². The van der Waals surface area contributed by atoms with Gasteiger partial charge in [-0.1, -0.05) is 11.3 Å². The molecule has 174 valence electrons. The van der Waals surface area contributed by atoms with Crippen LogP contribution in [-0.4, -0.2) is 49.8 Å². The van der Waals surface area contributed by atoms with E-state index in [-0.39, 0.29) is 28.3 Å². The molecular formula is C20H19N3O8S2. The number of methoxy groups -OCH3 is 2. The largest absolute Gasteiger partial charge is 0.497 e. The van der Waals surface area contributed by atoms with E-state index in [1.165, 1.54) is 61.3 Å². The Hall–Kier alpha value is -3.58. The van der Waals surface area contributed by atoms with E-state index < -0.39 is 32.4 Å². The molecule has 0 atom stereocenters. The molecule has 0 N–H and O–H groups in total. The maximum atomic E-state index is 12.5. The van der Waals surface area contributed by atoms with Crippen molar-refractivity contribution in [2.75, 3.05) is 20.0 Å². The molecule has 0 saturated carbocycles. The number of hydrogen-bond acceptors (Lipinski definition) is 9. The molecule has 13 heteroatoms. The monoisotopic (exact) mass is 493 g/mol. The fourth-order valence-corrected chi connectivity index (χ4v) is 5.20. The van der Waals surface area contributed by atoms with Crippen LogP contribution in [0.15, 0.2) is 52.4 Å². The van der Waals surface area contributed by atoms with Gasteiger partial charge in [-0.05, 0) is 30.3 Å². The van der Waals surface area contributed by atoms with Crippen LogP contribution >= 0.6 is 11.3 Å². The first-order valence-corrected chi connectivity index (χ1v) is 11.9. The molecule has 0 bridgehead atoms. The molecule has 2 aromatic carbocycles. The Labute approximate surface area is 192 Å². The molecule has 0 aliphatic rings.